The van der Waals surface area contributed by atoms with Crippen molar-refractivity contribution in [3.63, 3.8) is 0 Å². The van der Waals surface area contributed by atoms with Crippen LogP contribution in [0, 0.1) is 18.3 Å². The fourth-order valence-corrected chi connectivity index (χ4v) is 4.09. The lowest BCUT2D eigenvalue weighted by atomic mass is 9.83. The van der Waals surface area contributed by atoms with Gasteiger partial charge in [0.25, 0.3) is 0 Å². The Bertz CT molecular complexity index is 1370. The molecule has 3 aromatic carbocycles. The van der Waals surface area contributed by atoms with Crippen molar-refractivity contribution < 1.29 is 28.5 Å². The Balaban J connectivity index is 1.55. The molecule has 8 heteroatoms. The van der Waals surface area contributed by atoms with E-state index in [0.717, 1.165) is 24.0 Å². The summed E-state index contributed by atoms with van der Waals surface area (Å²) in [6, 6.07) is 20.1. The molecule has 0 saturated heterocycles. The van der Waals surface area contributed by atoms with E-state index in [1.807, 2.05) is 37.3 Å². The smallest absolute Gasteiger partial charge is 0.349 e. The molecule has 0 aromatic heterocycles. The van der Waals surface area contributed by atoms with Gasteiger partial charge >= 0.3 is 5.97 Å². The Hall–Kier alpha value is -4.64. The van der Waals surface area contributed by atoms with Crippen LogP contribution in [0.2, 0.25) is 0 Å². The topological polar surface area (TPSA) is 113 Å². The standard InChI is InChI=1S/C30H30N2O6/c1-4-5-14-35-25-13-8-20(15-27(25)34-3)29-23-12-11-22(16-26(23)38-30(32)24(29)17-31)37-28(33)18-36-21-9-6-19(2)7-10-21/h6-13,15-16,29H,4-5,14,18,32H2,1-3H3. The molecule has 1 aliphatic heterocycles. The molecule has 0 radical (unpaired) electrons. The van der Waals surface area contributed by atoms with Crippen LogP contribution in [0.5, 0.6) is 28.7 Å². The van der Waals surface area contributed by atoms with Crippen LogP contribution in [0.25, 0.3) is 0 Å². The molecular formula is C30H30N2O6. The number of allylic oxidation sites excluding steroid dienone is 1. The zero-order chi connectivity index (χ0) is 27.1. The number of rotatable bonds is 10. The summed E-state index contributed by atoms with van der Waals surface area (Å²) in [5, 5.41) is 9.88. The van der Waals surface area contributed by atoms with Crippen LogP contribution in [0.3, 0.4) is 0 Å². The second kappa shape index (κ2) is 12.1. The van der Waals surface area contributed by atoms with Gasteiger partial charge in [-0.25, -0.2) is 4.79 Å². The highest BCUT2D eigenvalue weighted by molar-refractivity contribution is 5.74. The van der Waals surface area contributed by atoms with Gasteiger partial charge in [-0.15, -0.1) is 0 Å². The van der Waals surface area contributed by atoms with E-state index in [9.17, 15) is 10.1 Å². The van der Waals surface area contributed by atoms with Crippen molar-refractivity contribution in [1.29, 1.82) is 5.26 Å². The van der Waals surface area contributed by atoms with E-state index in [-0.39, 0.29) is 23.8 Å². The lowest BCUT2D eigenvalue weighted by Gasteiger charge is -2.27. The molecule has 0 aliphatic carbocycles. The van der Waals surface area contributed by atoms with Crippen molar-refractivity contribution in [2.45, 2.75) is 32.6 Å². The van der Waals surface area contributed by atoms with Crippen LogP contribution >= 0.6 is 0 Å². The van der Waals surface area contributed by atoms with Crippen LogP contribution in [-0.2, 0) is 4.79 Å². The second-order valence-corrected chi connectivity index (χ2v) is 8.81. The minimum Gasteiger partial charge on any atom is -0.493 e. The van der Waals surface area contributed by atoms with E-state index in [1.54, 1.807) is 37.4 Å². The van der Waals surface area contributed by atoms with Crippen LogP contribution in [-0.4, -0.2) is 26.3 Å². The number of carbonyl (C=O) groups excluding carboxylic acids is 1. The molecule has 0 bridgehead atoms. The highest BCUT2D eigenvalue weighted by Gasteiger charge is 2.31. The average Bonchev–Trinajstić information content (AvgIpc) is 2.92. The monoisotopic (exact) mass is 514 g/mol. The van der Waals surface area contributed by atoms with Gasteiger partial charge in [-0.1, -0.05) is 43.2 Å². The Morgan fingerprint density at radius 3 is 2.50 bits per heavy atom. The van der Waals surface area contributed by atoms with E-state index >= 15 is 0 Å². The van der Waals surface area contributed by atoms with Gasteiger partial charge in [-0.2, -0.15) is 5.26 Å². The fraction of sp³-hybridized carbons (Fsp3) is 0.267. The Morgan fingerprint density at radius 2 is 1.79 bits per heavy atom. The Morgan fingerprint density at radius 1 is 1.03 bits per heavy atom. The highest BCUT2D eigenvalue weighted by Crippen LogP contribution is 2.45. The maximum atomic E-state index is 12.4. The van der Waals surface area contributed by atoms with Crippen molar-refractivity contribution in [2.24, 2.45) is 5.73 Å². The van der Waals surface area contributed by atoms with Crippen molar-refractivity contribution in [3.8, 4) is 34.8 Å². The molecule has 38 heavy (non-hydrogen) atoms. The van der Waals surface area contributed by atoms with Gasteiger partial charge < -0.3 is 29.4 Å². The lowest BCUT2D eigenvalue weighted by Crippen LogP contribution is -2.22. The van der Waals surface area contributed by atoms with Gasteiger partial charge in [-0.05, 0) is 49.2 Å². The number of benzene rings is 3. The zero-order valence-electron chi connectivity index (χ0n) is 21.7. The molecule has 2 N–H and O–H groups in total. The lowest BCUT2D eigenvalue weighted by molar-refractivity contribution is -0.136. The predicted octanol–water partition coefficient (Wildman–Crippen LogP) is 5.39. The molecule has 0 spiro atoms. The van der Waals surface area contributed by atoms with E-state index < -0.39 is 11.9 Å². The minimum absolute atomic E-state index is 0.0154. The quantitative estimate of drug-likeness (QED) is 0.218. The van der Waals surface area contributed by atoms with Gasteiger partial charge in [0, 0.05) is 11.6 Å². The summed E-state index contributed by atoms with van der Waals surface area (Å²) in [7, 11) is 1.57. The molecule has 196 valence electrons. The number of methoxy groups -OCH3 is 1. The van der Waals surface area contributed by atoms with Crippen LogP contribution < -0.4 is 29.4 Å². The molecular weight excluding hydrogens is 484 g/mol. The third kappa shape index (κ3) is 6.01. The number of nitriles is 1. The minimum atomic E-state index is -0.567. The fourth-order valence-electron chi connectivity index (χ4n) is 4.09. The molecule has 1 atom stereocenters. The molecule has 1 heterocycles. The molecule has 0 fully saturated rings. The van der Waals surface area contributed by atoms with Gasteiger partial charge in [0.1, 0.15) is 28.9 Å². The number of nitrogens with zero attached hydrogens (tertiary/aromatic N) is 1. The summed E-state index contributed by atoms with van der Waals surface area (Å²) in [5.74, 6) is 1.33. The first-order chi connectivity index (χ1) is 18.4. The number of carbonyl (C=O) groups is 1. The summed E-state index contributed by atoms with van der Waals surface area (Å²) < 4.78 is 28.1. The summed E-state index contributed by atoms with van der Waals surface area (Å²) in [6.45, 7) is 4.39. The van der Waals surface area contributed by atoms with Gasteiger partial charge in [0.2, 0.25) is 5.88 Å². The molecule has 0 amide bonds. The first-order valence-electron chi connectivity index (χ1n) is 12.4. The first-order valence-corrected chi connectivity index (χ1v) is 12.4. The predicted molar refractivity (Wildman–Crippen MR) is 141 cm³/mol. The number of hydrogen-bond donors (Lipinski definition) is 1. The van der Waals surface area contributed by atoms with Crippen LogP contribution in [0.1, 0.15) is 42.4 Å². The number of nitrogens with two attached hydrogens (primary N) is 1. The van der Waals surface area contributed by atoms with E-state index in [1.165, 1.54) is 0 Å². The van der Waals surface area contributed by atoms with E-state index in [2.05, 4.69) is 13.0 Å². The third-order valence-corrected chi connectivity index (χ3v) is 6.08. The summed E-state index contributed by atoms with van der Waals surface area (Å²) in [4.78, 5) is 12.4. The van der Waals surface area contributed by atoms with Crippen LogP contribution in [0.4, 0.5) is 0 Å². The van der Waals surface area contributed by atoms with Gasteiger partial charge in [-0.3, -0.25) is 0 Å². The van der Waals surface area contributed by atoms with E-state index in [4.69, 9.17) is 29.4 Å². The van der Waals surface area contributed by atoms with Crippen molar-refractivity contribution in [2.75, 3.05) is 20.3 Å². The number of aryl methyl sites for hydroxylation is 1. The van der Waals surface area contributed by atoms with Crippen LogP contribution in [0.15, 0.2) is 72.1 Å². The molecule has 8 nitrogen and oxygen atoms in total. The van der Waals surface area contributed by atoms with Gasteiger partial charge in [0.05, 0.1) is 19.6 Å². The SMILES string of the molecule is CCCCOc1ccc(C2C(C#N)=C(N)Oc3cc(OC(=O)COc4ccc(C)cc4)ccc32)cc1OC. The number of esters is 1. The molecule has 1 unspecified atom stereocenters. The Kier molecular flexibility index (Phi) is 8.39. The first kappa shape index (κ1) is 26.4. The Labute approximate surface area is 222 Å². The molecule has 1 aliphatic rings. The highest BCUT2D eigenvalue weighted by atomic mass is 16.6. The molecule has 3 aromatic rings. The van der Waals surface area contributed by atoms with Crippen molar-refractivity contribution in [1.82, 2.24) is 0 Å². The summed E-state index contributed by atoms with van der Waals surface area (Å²) in [5.41, 5.74) is 8.99. The van der Waals surface area contributed by atoms with Crippen molar-refractivity contribution in [3.05, 3.63) is 88.8 Å². The largest absolute Gasteiger partial charge is 0.493 e. The summed E-state index contributed by atoms with van der Waals surface area (Å²) >= 11 is 0. The third-order valence-electron chi connectivity index (χ3n) is 6.08. The number of hydrogen-bond acceptors (Lipinski definition) is 8. The molecule has 4 rings (SSSR count). The molecule has 0 saturated carbocycles. The number of ether oxygens (including phenoxy) is 5. The normalized spacial score (nSPS) is 14.1. The maximum absolute atomic E-state index is 12.4. The van der Waals surface area contributed by atoms with Gasteiger partial charge in [0.15, 0.2) is 18.1 Å². The number of fused-ring (bicyclic) bond motifs is 1. The number of unbranched alkanes of at least 4 members (excludes halogenated alkanes) is 1. The van der Waals surface area contributed by atoms with Crippen molar-refractivity contribution >= 4 is 5.97 Å². The zero-order valence-corrected chi connectivity index (χ0v) is 21.7. The summed E-state index contributed by atoms with van der Waals surface area (Å²) in [6.07, 6.45) is 1.95. The van der Waals surface area contributed by atoms with E-state index in [0.29, 0.717) is 35.2 Å². The maximum Gasteiger partial charge on any atom is 0.349 e. The second-order valence-electron chi connectivity index (χ2n) is 8.81. The average molecular weight is 515 g/mol.